The van der Waals surface area contributed by atoms with E-state index < -0.39 is 0 Å². The third-order valence-electron chi connectivity index (χ3n) is 3.19. The van der Waals surface area contributed by atoms with Gasteiger partial charge in [-0.25, -0.2) is 4.98 Å². The predicted molar refractivity (Wildman–Crippen MR) is 82.3 cm³/mol. The number of benzene rings is 1. The van der Waals surface area contributed by atoms with Gasteiger partial charge in [0, 0.05) is 17.8 Å². The van der Waals surface area contributed by atoms with E-state index in [9.17, 15) is 0 Å². The molecule has 106 valence electrons. The summed E-state index contributed by atoms with van der Waals surface area (Å²) in [6, 6.07) is 10.4. The van der Waals surface area contributed by atoms with Gasteiger partial charge in [-0.15, -0.1) is 0 Å². The zero-order chi connectivity index (χ0) is 14.5. The number of hydrogen-bond donors (Lipinski definition) is 1. The summed E-state index contributed by atoms with van der Waals surface area (Å²) in [5.74, 6) is 1.51. The number of ether oxygens (including phenoxy) is 1. The van der Waals surface area contributed by atoms with E-state index in [1.54, 1.807) is 6.20 Å². The summed E-state index contributed by atoms with van der Waals surface area (Å²) in [5, 5.41) is 3.39. The Hall–Kier alpha value is -1.87. The molecule has 1 unspecified atom stereocenters. The van der Waals surface area contributed by atoms with Crippen molar-refractivity contribution in [1.29, 1.82) is 0 Å². The smallest absolute Gasteiger partial charge is 0.223 e. The van der Waals surface area contributed by atoms with Crippen molar-refractivity contribution in [1.82, 2.24) is 10.3 Å². The Kier molecular flexibility index (Phi) is 4.74. The molecule has 0 fully saturated rings. The van der Waals surface area contributed by atoms with Gasteiger partial charge in [0.15, 0.2) is 0 Å². The molecule has 2 aromatic rings. The lowest BCUT2D eigenvalue weighted by Gasteiger charge is -2.16. The monoisotopic (exact) mass is 270 g/mol. The molecule has 0 aliphatic heterocycles. The Morgan fingerprint density at radius 1 is 1.20 bits per heavy atom. The SMILES string of the molecule is CCNC(C)c1cccnc1Oc1cc(C)cc(C)c1. The first kappa shape index (κ1) is 14.5. The molecule has 1 aromatic heterocycles. The molecule has 0 saturated carbocycles. The van der Waals surface area contributed by atoms with Crippen molar-refractivity contribution in [2.75, 3.05) is 6.54 Å². The van der Waals surface area contributed by atoms with Crippen LogP contribution < -0.4 is 10.1 Å². The van der Waals surface area contributed by atoms with Gasteiger partial charge in [0.05, 0.1) is 0 Å². The highest BCUT2D eigenvalue weighted by molar-refractivity contribution is 5.38. The van der Waals surface area contributed by atoms with Crippen molar-refractivity contribution in [2.45, 2.75) is 33.7 Å². The van der Waals surface area contributed by atoms with Crippen LogP contribution in [0.2, 0.25) is 0 Å². The fourth-order valence-corrected chi connectivity index (χ4v) is 2.34. The number of rotatable bonds is 5. The Labute approximate surface area is 121 Å². The van der Waals surface area contributed by atoms with Gasteiger partial charge < -0.3 is 10.1 Å². The fourth-order valence-electron chi connectivity index (χ4n) is 2.34. The molecule has 1 heterocycles. The molecule has 3 nitrogen and oxygen atoms in total. The molecule has 0 aliphatic carbocycles. The zero-order valence-electron chi connectivity index (χ0n) is 12.6. The van der Waals surface area contributed by atoms with Gasteiger partial charge in [-0.3, -0.25) is 0 Å². The lowest BCUT2D eigenvalue weighted by molar-refractivity contribution is 0.443. The normalized spacial score (nSPS) is 12.2. The average molecular weight is 270 g/mol. The minimum atomic E-state index is 0.217. The molecule has 1 aromatic carbocycles. The van der Waals surface area contributed by atoms with Crippen LogP contribution in [0.3, 0.4) is 0 Å². The maximum Gasteiger partial charge on any atom is 0.223 e. The van der Waals surface area contributed by atoms with Crippen LogP contribution >= 0.6 is 0 Å². The van der Waals surface area contributed by atoms with Gasteiger partial charge in [-0.05, 0) is 56.6 Å². The lowest BCUT2D eigenvalue weighted by atomic mass is 10.1. The topological polar surface area (TPSA) is 34.2 Å². The third-order valence-corrected chi connectivity index (χ3v) is 3.19. The van der Waals surface area contributed by atoms with Crippen LogP contribution in [0.25, 0.3) is 0 Å². The van der Waals surface area contributed by atoms with Gasteiger partial charge >= 0.3 is 0 Å². The third kappa shape index (κ3) is 3.58. The minimum absolute atomic E-state index is 0.217. The highest BCUT2D eigenvalue weighted by atomic mass is 16.5. The molecule has 0 bridgehead atoms. The van der Waals surface area contributed by atoms with Gasteiger partial charge in [-0.1, -0.05) is 19.1 Å². The summed E-state index contributed by atoms with van der Waals surface area (Å²) in [6.07, 6.45) is 1.76. The molecule has 3 heteroatoms. The van der Waals surface area contributed by atoms with Crippen LogP contribution in [0.1, 0.15) is 36.6 Å². The van der Waals surface area contributed by atoms with Crippen molar-refractivity contribution in [3.05, 3.63) is 53.2 Å². The molecular formula is C17H22N2O. The number of nitrogens with one attached hydrogen (secondary N) is 1. The molecule has 0 amide bonds. The van der Waals surface area contributed by atoms with Crippen LogP contribution in [0.15, 0.2) is 36.5 Å². The quantitative estimate of drug-likeness (QED) is 0.885. The maximum atomic E-state index is 5.99. The molecule has 0 saturated heterocycles. The average Bonchev–Trinajstić information content (AvgIpc) is 2.38. The van der Waals surface area contributed by atoms with E-state index in [0.717, 1.165) is 17.9 Å². The van der Waals surface area contributed by atoms with E-state index in [4.69, 9.17) is 4.74 Å². The summed E-state index contributed by atoms with van der Waals surface area (Å²) in [6.45, 7) is 9.27. The fraction of sp³-hybridized carbons (Fsp3) is 0.353. The van der Waals surface area contributed by atoms with Crippen molar-refractivity contribution in [3.8, 4) is 11.6 Å². The standard InChI is InChI=1S/C17H22N2O/c1-5-18-14(4)16-7-6-8-19-17(16)20-15-10-12(2)9-13(3)11-15/h6-11,14,18H,5H2,1-4H3. The zero-order valence-corrected chi connectivity index (χ0v) is 12.6. The number of aromatic nitrogens is 1. The second-order valence-corrected chi connectivity index (χ2v) is 5.10. The first-order valence-electron chi connectivity index (χ1n) is 7.04. The van der Waals surface area contributed by atoms with Crippen molar-refractivity contribution in [2.24, 2.45) is 0 Å². The summed E-state index contributed by atoms with van der Waals surface area (Å²) in [5.41, 5.74) is 3.46. The first-order chi connectivity index (χ1) is 9.60. The minimum Gasteiger partial charge on any atom is -0.439 e. The number of pyridine rings is 1. The van der Waals surface area contributed by atoms with E-state index in [0.29, 0.717) is 5.88 Å². The van der Waals surface area contributed by atoms with Gasteiger partial charge in [0.25, 0.3) is 0 Å². The molecule has 1 atom stereocenters. The highest BCUT2D eigenvalue weighted by Gasteiger charge is 2.12. The number of nitrogens with zero attached hydrogens (tertiary/aromatic N) is 1. The van der Waals surface area contributed by atoms with Crippen LogP contribution in [-0.2, 0) is 0 Å². The maximum absolute atomic E-state index is 5.99. The summed E-state index contributed by atoms with van der Waals surface area (Å²) in [4.78, 5) is 4.37. The molecule has 2 rings (SSSR count). The molecular weight excluding hydrogens is 248 g/mol. The van der Waals surface area contributed by atoms with E-state index in [-0.39, 0.29) is 6.04 Å². The summed E-state index contributed by atoms with van der Waals surface area (Å²) >= 11 is 0. The van der Waals surface area contributed by atoms with Gasteiger partial charge in [-0.2, -0.15) is 0 Å². The Bertz CT molecular complexity index is 561. The van der Waals surface area contributed by atoms with E-state index in [1.165, 1.54) is 11.1 Å². The lowest BCUT2D eigenvalue weighted by Crippen LogP contribution is -2.18. The Balaban J connectivity index is 2.29. The molecule has 0 aliphatic rings. The predicted octanol–water partition coefficient (Wildman–Crippen LogP) is 4.16. The number of hydrogen-bond acceptors (Lipinski definition) is 3. The molecule has 20 heavy (non-hydrogen) atoms. The molecule has 0 radical (unpaired) electrons. The molecule has 0 spiro atoms. The van der Waals surface area contributed by atoms with Crippen LogP contribution in [0.5, 0.6) is 11.6 Å². The second kappa shape index (κ2) is 6.53. The van der Waals surface area contributed by atoms with Crippen molar-refractivity contribution in [3.63, 3.8) is 0 Å². The van der Waals surface area contributed by atoms with E-state index in [2.05, 4.69) is 50.1 Å². The van der Waals surface area contributed by atoms with Crippen molar-refractivity contribution < 1.29 is 4.74 Å². The second-order valence-electron chi connectivity index (χ2n) is 5.10. The van der Waals surface area contributed by atoms with Crippen LogP contribution in [0, 0.1) is 13.8 Å². The summed E-state index contributed by atoms with van der Waals surface area (Å²) in [7, 11) is 0. The van der Waals surface area contributed by atoms with E-state index in [1.807, 2.05) is 18.2 Å². The Morgan fingerprint density at radius 2 is 1.90 bits per heavy atom. The van der Waals surface area contributed by atoms with Crippen molar-refractivity contribution >= 4 is 0 Å². The van der Waals surface area contributed by atoms with Crippen LogP contribution in [0.4, 0.5) is 0 Å². The van der Waals surface area contributed by atoms with Crippen LogP contribution in [-0.4, -0.2) is 11.5 Å². The van der Waals surface area contributed by atoms with Gasteiger partial charge in [0.1, 0.15) is 5.75 Å². The first-order valence-corrected chi connectivity index (χ1v) is 7.04. The van der Waals surface area contributed by atoms with E-state index >= 15 is 0 Å². The molecule has 1 N–H and O–H groups in total. The largest absolute Gasteiger partial charge is 0.439 e. The highest BCUT2D eigenvalue weighted by Crippen LogP contribution is 2.28. The van der Waals surface area contributed by atoms with Gasteiger partial charge in [0.2, 0.25) is 5.88 Å². The summed E-state index contributed by atoms with van der Waals surface area (Å²) < 4.78 is 5.99. The number of aryl methyl sites for hydroxylation is 2. The Morgan fingerprint density at radius 3 is 2.55 bits per heavy atom.